The first kappa shape index (κ1) is 13.6. The fourth-order valence-corrected chi connectivity index (χ4v) is 3.71. The highest BCUT2D eigenvalue weighted by Crippen LogP contribution is 2.21. The summed E-state index contributed by atoms with van der Waals surface area (Å²) in [7, 11) is 1.98. The Hall–Kier alpha value is -0.780. The van der Waals surface area contributed by atoms with Crippen molar-refractivity contribution < 1.29 is 0 Å². The van der Waals surface area contributed by atoms with E-state index in [2.05, 4.69) is 40.0 Å². The fraction of sp³-hybridized carbons (Fsp3) is 0.538. The first-order valence-corrected chi connectivity index (χ1v) is 8.05. The predicted molar refractivity (Wildman–Crippen MR) is 78.3 cm³/mol. The zero-order valence-corrected chi connectivity index (χ0v) is 12.5. The van der Waals surface area contributed by atoms with Crippen molar-refractivity contribution in [3.63, 3.8) is 0 Å². The van der Waals surface area contributed by atoms with Crippen LogP contribution in [0.2, 0.25) is 0 Å². The molecule has 1 unspecified atom stereocenters. The van der Waals surface area contributed by atoms with E-state index in [1.807, 2.05) is 18.4 Å². The van der Waals surface area contributed by atoms with Gasteiger partial charge in [-0.2, -0.15) is 0 Å². The van der Waals surface area contributed by atoms with Gasteiger partial charge in [0.05, 0.1) is 6.04 Å². The lowest BCUT2D eigenvalue weighted by Gasteiger charge is -2.07. The van der Waals surface area contributed by atoms with E-state index >= 15 is 0 Å². The van der Waals surface area contributed by atoms with Crippen molar-refractivity contribution in [1.29, 1.82) is 0 Å². The molecule has 2 heterocycles. The van der Waals surface area contributed by atoms with E-state index in [9.17, 15) is 0 Å². The maximum Gasteiger partial charge on any atom is 0.134 e. The lowest BCUT2D eigenvalue weighted by molar-refractivity contribution is 0.568. The first-order valence-electron chi connectivity index (χ1n) is 6.35. The largest absolute Gasteiger partial charge is 0.311 e. The number of aryl methyl sites for hydroxylation is 2. The molecule has 0 saturated heterocycles. The Bertz CT molecular complexity index is 447. The summed E-state index contributed by atoms with van der Waals surface area (Å²) in [4.78, 5) is 1.46. The molecule has 1 atom stereocenters. The Labute approximate surface area is 116 Å². The number of hydrogen-bond donors (Lipinski definition) is 1. The maximum absolute atomic E-state index is 4.28. The monoisotopic (exact) mass is 281 g/mol. The van der Waals surface area contributed by atoms with Gasteiger partial charge >= 0.3 is 0 Å². The molecular weight excluding hydrogens is 262 g/mol. The molecule has 2 aromatic heterocycles. The van der Waals surface area contributed by atoms with E-state index in [0.717, 1.165) is 35.7 Å². The minimum Gasteiger partial charge on any atom is -0.311 e. The minimum atomic E-state index is 0.355. The summed E-state index contributed by atoms with van der Waals surface area (Å²) < 4.78 is 0. The minimum absolute atomic E-state index is 0.355. The van der Waals surface area contributed by atoms with Crippen LogP contribution in [-0.4, -0.2) is 17.2 Å². The third-order valence-electron chi connectivity index (χ3n) is 2.93. The highest BCUT2D eigenvalue weighted by atomic mass is 32.1. The summed E-state index contributed by atoms with van der Waals surface area (Å²) >= 11 is 3.58. The zero-order chi connectivity index (χ0) is 12.8. The topological polar surface area (TPSA) is 37.8 Å². The number of thiophene rings is 1. The normalized spacial score (nSPS) is 12.8. The van der Waals surface area contributed by atoms with E-state index in [1.165, 1.54) is 4.88 Å². The van der Waals surface area contributed by atoms with Crippen molar-refractivity contribution in [2.24, 2.45) is 0 Å². The van der Waals surface area contributed by atoms with Gasteiger partial charge in [0.15, 0.2) is 0 Å². The summed E-state index contributed by atoms with van der Waals surface area (Å²) in [6, 6.07) is 4.67. The smallest absolute Gasteiger partial charge is 0.134 e. The van der Waals surface area contributed by atoms with Gasteiger partial charge in [0.2, 0.25) is 0 Å². The lowest BCUT2D eigenvalue weighted by atomic mass is 10.2. The van der Waals surface area contributed by atoms with Gasteiger partial charge in [-0.15, -0.1) is 21.5 Å². The molecule has 0 radical (unpaired) electrons. The summed E-state index contributed by atoms with van der Waals surface area (Å²) in [6.45, 7) is 2.17. The van der Waals surface area contributed by atoms with Crippen molar-refractivity contribution in [1.82, 2.24) is 15.5 Å². The number of rotatable bonds is 7. The Morgan fingerprint density at radius 1 is 1.33 bits per heavy atom. The molecule has 2 aromatic rings. The van der Waals surface area contributed by atoms with Gasteiger partial charge in [-0.1, -0.05) is 24.3 Å². The number of aromatic nitrogens is 2. The molecule has 0 aromatic carbocycles. The predicted octanol–water partition coefficient (Wildman–Crippen LogP) is 3.45. The molecule has 0 fully saturated rings. The highest BCUT2D eigenvalue weighted by molar-refractivity contribution is 7.11. The second-order valence-corrected chi connectivity index (χ2v) is 6.34. The van der Waals surface area contributed by atoms with Gasteiger partial charge in [-0.05, 0) is 37.8 Å². The summed E-state index contributed by atoms with van der Waals surface area (Å²) in [6.07, 6.45) is 4.40. The molecule has 98 valence electrons. The first-order chi connectivity index (χ1) is 8.83. The molecule has 0 spiro atoms. The van der Waals surface area contributed by atoms with Crippen molar-refractivity contribution in [3.05, 3.63) is 32.4 Å². The fourth-order valence-electron chi connectivity index (χ4n) is 1.88. The van der Waals surface area contributed by atoms with Crippen molar-refractivity contribution >= 4 is 22.7 Å². The quantitative estimate of drug-likeness (QED) is 0.844. The third kappa shape index (κ3) is 3.60. The van der Waals surface area contributed by atoms with E-state index in [1.54, 1.807) is 11.3 Å². The van der Waals surface area contributed by atoms with Crippen LogP contribution in [0.15, 0.2) is 17.5 Å². The zero-order valence-electron chi connectivity index (χ0n) is 10.8. The Morgan fingerprint density at radius 3 is 2.89 bits per heavy atom. The molecular formula is C13H19N3S2. The van der Waals surface area contributed by atoms with Crippen LogP contribution in [0.3, 0.4) is 0 Å². The Kier molecular flexibility index (Phi) is 5.28. The van der Waals surface area contributed by atoms with Crippen molar-refractivity contribution in [2.75, 3.05) is 7.05 Å². The Morgan fingerprint density at radius 2 is 2.22 bits per heavy atom. The van der Waals surface area contributed by atoms with E-state index in [-0.39, 0.29) is 0 Å². The van der Waals surface area contributed by atoms with E-state index in [0.29, 0.717) is 6.04 Å². The number of hydrogen-bond acceptors (Lipinski definition) is 5. The average Bonchev–Trinajstić information content (AvgIpc) is 3.03. The molecule has 1 N–H and O–H groups in total. The van der Waals surface area contributed by atoms with Crippen LogP contribution in [0, 0.1) is 0 Å². The molecule has 2 rings (SSSR count). The van der Waals surface area contributed by atoms with Crippen LogP contribution in [0.1, 0.15) is 40.7 Å². The maximum atomic E-state index is 4.28. The van der Waals surface area contributed by atoms with Gasteiger partial charge in [-0.3, -0.25) is 0 Å². The molecule has 0 saturated carbocycles. The van der Waals surface area contributed by atoms with Gasteiger partial charge in [0.1, 0.15) is 10.0 Å². The van der Waals surface area contributed by atoms with Gasteiger partial charge < -0.3 is 5.32 Å². The van der Waals surface area contributed by atoms with E-state index in [4.69, 9.17) is 0 Å². The van der Waals surface area contributed by atoms with Crippen LogP contribution >= 0.6 is 22.7 Å². The standard InChI is InChI=1S/C13H19N3S2/c1-3-11(14-2)13-16-15-12(18-13)8-4-6-10-7-5-9-17-10/h5,7,9,11,14H,3-4,6,8H2,1-2H3. The third-order valence-corrected chi connectivity index (χ3v) is 4.96. The molecule has 3 nitrogen and oxygen atoms in total. The van der Waals surface area contributed by atoms with Crippen LogP contribution in [-0.2, 0) is 12.8 Å². The molecule has 0 aliphatic heterocycles. The molecule has 0 bridgehead atoms. The summed E-state index contributed by atoms with van der Waals surface area (Å²) in [5.74, 6) is 0. The molecule has 0 amide bonds. The Balaban J connectivity index is 1.83. The summed E-state index contributed by atoms with van der Waals surface area (Å²) in [5.41, 5.74) is 0. The van der Waals surface area contributed by atoms with Crippen molar-refractivity contribution in [3.8, 4) is 0 Å². The van der Waals surface area contributed by atoms with Gasteiger partial charge in [0.25, 0.3) is 0 Å². The molecule has 0 aliphatic rings. The van der Waals surface area contributed by atoms with Crippen LogP contribution in [0.25, 0.3) is 0 Å². The second-order valence-electron chi connectivity index (χ2n) is 4.22. The SMILES string of the molecule is CCC(NC)c1nnc(CCCc2cccs2)s1. The van der Waals surface area contributed by atoms with Gasteiger partial charge in [-0.25, -0.2) is 0 Å². The number of nitrogens with one attached hydrogen (secondary N) is 1. The lowest BCUT2D eigenvalue weighted by Crippen LogP contribution is -2.14. The van der Waals surface area contributed by atoms with Crippen molar-refractivity contribution in [2.45, 2.75) is 38.6 Å². The molecule has 0 aliphatic carbocycles. The summed E-state index contributed by atoms with van der Waals surface area (Å²) in [5, 5.41) is 16.3. The molecule has 18 heavy (non-hydrogen) atoms. The molecule has 5 heteroatoms. The van der Waals surface area contributed by atoms with E-state index < -0.39 is 0 Å². The average molecular weight is 281 g/mol. The highest BCUT2D eigenvalue weighted by Gasteiger charge is 2.12. The second kappa shape index (κ2) is 6.97. The van der Waals surface area contributed by atoms with Gasteiger partial charge in [0, 0.05) is 11.3 Å². The van der Waals surface area contributed by atoms with Crippen LogP contribution < -0.4 is 5.32 Å². The van der Waals surface area contributed by atoms with Crippen LogP contribution in [0.4, 0.5) is 0 Å². The van der Waals surface area contributed by atoms with Crippen LogP contribution in [0.5, 0.6) is 0 Å². The number of nitrogens with zero attached hydrogens (tertiary/aromatic N) is 2.